The van der Waals surface area contributed by atoms with Crippen molar-refractivity contribution in [3.8, 4) is 0 Å². The fraction of sp³-hybridized carbons (Fsp3) is 0.269. The molecule has 0 unspecified atom stereocenters. The van der Waals surface area contributed by atoms with E-state index in [1.165, 1.54) is 0 Å². The van der Waals surface area contributed by atoms with E-state index in [1.54, 1.807) is 6.07 Å². The molecule has 0 spiro atoms. The Balaban J connectivity index is 2.03. The molecule has 5 heteroatoms. The average molecular weight is 416 g/mol. The molecule has 1 aliphatic rings. The molecule has 0 radical (unpaired) electrons. The molecular formula is C26H29N3O2. The SMILES string of the molecule is Cc1c(N)cc2c(c1C)C(c1ccc(N(C)C)cc1)(c1ccc(N(C)C)cc1)OC2=O. The van der Waals surface area contributed by atoms with E-state index in [0.29, 0.717) is 11.3 Å². The van der Waals surface area contributed by atoms with Crippen molar-refractivity contribution < 1.29 is 9.53 Å². The van der Waals surface area contributed by atoms with Gasteiger partial charge >= 0.3 is 5.97 Å². The monoisotopic (exact) mass is 415 g/mol. The molecule has 0 fully saturated rings. The number of cyclic esters (lactones) is 1. The fourth-order valence-corrected chi connectivity index (χ4v) is 4.36. The Labute approximate surface area is 184 Å². The van der Waals surface area contributed by atoms with Gasteiger partial charge in [0.25, 0.3) is 0 Å². The van der Waals surface area contributed by atoms with Gasteiger partial charge in [0, 0.05) is 61.9 Å². The summed E-state index contributed by atoms with van der Waals surface area (Å²) in [4.78, 5) is 17.2. The summed E-state index contributed by atoms with van der Waals surface area (Å²) in [5.74, 6) is -0.349. The summed E-state index contributed by atoms with van der Waals surface area (Å²) in [5.41, 5.74) is 13.1. The summed E-state index contributed by atoms with van der Waals surface area (Å²) in [7, 11) is 8.02. The van der Waals surface area contributed by atoms with Crippen LogP contribution in [0, 0.1) is 13.8 Å². The number of ether oxygens (including phenoxy) is 1. The van der Waals surface area contributed by atoms with Crippen LogP contribution in [-0.2, 0) is 10.3 Å². The van der Waals surface area contributed by atoms with Crippen LogP contribution >= 0.6 is 0 Å². The van der Waals surface area contributed by atoms with E-state index in [9.17, 15) is 4.79 Å². The number of hydrogen-bond donors (Lipinski definition) is 1. The predicted octanol–water partition coefficient (Wildman–Crippen LogP) is 4.48. The van der Waals surface area contributed by atoms with E-state index in [1.807, 2.05) is 76.1 Å². The summed E-state index contributed by atoms with van der Waals surface area (Å²) in [5, 5.41) is 0. The van der Waals surface area contributed by atoms with Gasteiger partial charge in [-0.25, -0.2) is 4.79 Å². The summed E-state index contributed by atoms with van der Waals surface area (Å²) < 4.78 is 6.26. The third-order valence-electron chi connectivity index (χ3n) is 6.34. The molecule has 3 aromatic rings. The fourth-order valence-electron chi connectivity index (χ4n) is 4.36. The lowest BCUT2D eigenvalue weighted by atomic mass is 9.77. The van der Waals surface area contributed by atoms with E-state index >= 15 is 0 Å². The quantitative estimate of drug-likeness (QED) is 0.503. The molecule has 0 saturated heterocycles. The Bertz CT molecular complexity index is 1100. The number of benzene rings is 3. The minimum atomic E-state index is -1.02. The highest BCUT2D eigenvalue weighted by atomic mass is 16.6. The highest BCUT2D eigenvalue weighted by Gasteiger charge is 2.50. The van der Waals surface area contributed by atoms with Gasteiger partial charge in [-0.2, -0.15) is 0 Å². The van der Waals surface area contributed by atoms with Gasteiger partial charge in [0.1, 0.15) is 0 Å². The predicted molar refractivity (Wildman–Crippen MR) is 127 cm³/mol. The third kappa shape index (κ3) is 3.12. The number of anilines is 3. The topological polar surface area (TPSA) is 58.8 Å². The van der Waals surface area contributed by atoms with Crippen LogP contribution in [0.4, 0.5) is 17.1 Å². The van der Waals surface area contributed by atoms with Crippen LogP contribution in [-0.4, -0.2) is 34.2 Å². The number of carbonyl (C=O) groups excluding carboxylic acids is 1. The second-order valence-corrected chi connectivity index (χ2v) is 8.59. The maximum Gasteiger partial charge on any atom is 0.340 e. The molecule has 0 aromatic heterocycles. The van der Waals surface area contributed by atoms with Gasteiger partial charge in [-0.15, -0.1) is 0 Å². The average Bonchev–Trinajstić information content (AvgIpc) is 3.05. The van der Waals surface area contributed by atoms with Gasteiger partial charge in [0.15, 0.2) is 5.60 Å². The molecule has 2 N–H and O–H groups in total. The van der Waals surface area contributed by atoms with Crippen LogP contribution in [0.1, 0.15) is 38.2 Å². The number of rotatable bonds is 4. The van der Waals surface area contributed by atoms with Crippen LogP contribution in [0.15, 0.2) is 54.6 Å². The van der Waals surface area contributed by atoms with Crippen LogP contribution in [0.3, 0.4) is 0 Å². The normalized spacial score (nSPS) is 14.2. The lowest BCUT2D eigenvalue weighted by Gasteiger charge is -2.32. The highest BCUT2D eigenvalue weighted by molar-refractivity contribution is 5.98. The van der Waals surface area contributed by atoms with Crippen molar-refractivity contribution in [2.24, 2.45) is 0 Å². The van der Waals surface area contributed by atoms with Gasteiger partial charge in [-0.05, 0) is 55.3 Å². The number of hydrogen-bond acceptors (Lipinski definition) is 5. The Kier molecular flexibility index (Phi) is 4.92. The summed E-state index contributed by atoms with van der Waals surface area (Å²) in [6.45, 7) is 4.01. The number of nitrogens with zero attached hydrogens (tertiary/aromatic N) is 2. The third-order valence-corrected chi connectivity index (χ3v) is 6.34. The van der Waals surface area contributed by atoms with Crippen molar-refractivity contribution in [1.82, 2.24) is 0 Å². The standard InChI is InChI=1S/C26H29N3O2/c1-16-17(2)24-22(15-23(16)27)25(30)31-26(24,18-7-11-20(12-8-18)28(3)4)19-9-13-21(14-10-19)29(5)6/h7-15H,27H2,1-6H3. The molecule has 0 bridgehead atoms. The molecule has 5 nitrogen and oxygen atoms in total. The van der Waals surface area contributed by atoms with Crippen LogP contribution in [0.25, 0.3) is 0 Å². The Morgan fingerprint density at radius 1 is 0.774 bits per heavy atom. The minimum Gasteiger partial charge on any atom is -0.441 e. The zero-order valence-corrected chi connectivity index (χ0v) is 19.0. The molecule has 1 heterocycles. The van der Waals surface area contributed by atoms with E-state index in [2.05, 4.69) is 24.3 Å². The van der Waals surface area contributed by atoms with E-state index in [4.69, 9.17) is 10.5 Å². The zero-order chi connectivity index (χ0) is 22.5. The highest BCUT2D eigenvalue weighted by Crippen LogP contribution is 2.50. The van der Waals surface area contributed by atoms with Gasteiger partial charge in [0.2, 0.25) is 0 Å². The van der Waals surface area contributed by atoms with E-state index < -0.39 is 5.60 Å². The number of esters is 1. The lowest BCUT2D eigenvalue weighted by molar-refractivity contribution is 0.0250. The molecule has 160 valence electrons. The van der Waals surface area contributed by atoms with Crippen LogP contribution < -0.4 is 15.5 Å². The molecule has 3 aromatic carbocycles. The zero-order valence-electron chi connectivity index (χ0n) is 19.0. The molecular weight excluding hydrogens is 386 g/mol. The first-order valence-corrected chi connectivity index (χ1v) is 10.4. The molecule has 0 amide bonds. The van der Waals surface area contributed by atoms with Gasteiger partial charge < -0.3 is 20.3 Å². The number of carbonyl (C=O) groups is 1. The van der Waals surface area contributed by atoms with Gasteiger partial charge in [-0.3, -0.25) is 0 Å². The molecule has 1 aliphatic heterocycles. The van der Waals surface area contributed by atoms with E-state index in [0.717, 1.165) is 39.2 Å². The second kappa shape index (κ2) is 7.34. The molecule has 4 rings (SSSR count). The Hall–Kier alpha value is -3.47. The maximum absolute atomic E-state index is 13.1. The first-order chi connectivity index (χ1) is 14.7. The van der Waals surface area contributed by atoms with Crippen molar-refractivity contribution in [2.75, 3.05) is 43.7 Å². The molecule has 31 heavy (non-hydrogen) atoms. The Morgan fingerprint density at radius 2 is 1.23 bits per heavy atom. The number of fused-ring (bicyclic) bond motifs is 1. The summed E-state index contributed by atoms with van der Waals surface area (Å²) >= 11 is 0. The van der Waals surface area contributed by atoms with Crippen molar-refractivity contribution in [1.29, 1.82) is 0 Å². The van der Waals surface area contributed by atoms with Gasteiger partial charge in [0.05, 0.1) is 5.56 Å². The smallest absolute Gasteiger partial charge is 0.340 e. The van der Waals surface area contributed by atoms with Crippen molar-refractivity contribution in [2.45, 2.75) is 19.4 Å². The van der Waals surface area contributed by atoms with Crippen LogP contribution in [0.2, 0.25) is 0 Å². The first kappa shape index (κ1) is 20.8. The van der Waals surface area contributed by atoms with Gasteiger partial charge in [-0.1, -0.05) is 24.3 Å². The van der Waals surface area contributed by atoms with Crippen molar-refractivity contribution >= 4 is 23.0 Å². The van der Waals surface area contributed by atoms with E-state index in [-0.39, 0.29) is 5.97 Å². The largest absolute Gasteiger partial charge is 0.441 e. The second-order valence-electron chi connectivity index (χ2n) is 8.59. The molecule has 0 saturated carbocycles. The maximum atomic E-state index is 13.1. The van der Waals surface area contributed by atoms with Crippen LogP contribution in [0.5, 0.6) is 0 Å². The summed E-state index contributed by atoms with van der Waals surface area (Å²) in [6, 6.07) is 18.1. The Morgan fingerprint density at radius 3 is 1.65 bits per heavy atom. The summed E-state index contributed by atoms with van der Waals surface area (Å²) in [6.07, 6.45) is 0. The number of nitrogens with two attached hydrogens (primary N) is 1. The van der Waals surface area contributed by atoms with Crippen molar-refractivity contribution in [3.63, 3.8) is 0 Å². The first-order valence-electron chi connectivity index (χ1n) is 10.4. The lowest BCUT2D eigenvalue weighted by Crippen LogP contribution is -2.30. The van der Waals surface area contributed by atoms with Crippen molar-refractivity contribution in [3.05, 3.63) is 88.0 Å². The minimum absolute atomic E-state index is 0.349. The number of nitrogen functional groups attached to an aromatic ring is 1. The molecule has 0 atom stereocenters. The molecule has 0 aliphatic carbocycles.